The van der Waals surface area contributed by atoms with Crippen LogP contribution in [-0.4, -0.2) is 26.6 Å². The average Bonchev–Trinajstić information content (AvgIpc) is 2.97. The molecule has 4 rings (SSSR count). The van der Waals surface area contributed by atoms with Gasteiger partial charge >= 0.3 is 0 Å². The van der Waals surface area contributed by atoms with Gasteiger partial charge in [-0.15, -0.1) is 0 Å². The van der Waals surface area contributed by atoms with Gasteiger partial charge in [0.1, 0.15) is 11.6 Å². The fourth-order valence-corrected chi connectivity index (χ4v) is 3.54. The van der Waals surface area contributed by atoms with Gasteiger partial charge in [0.2, 0.25) is 5.91 Å². The van der Waals surface area contributed by atoms with Crippen LogP contribution in [0.25, 0.3) is 5.69 Å². The van der Waals surface area contributed by atoms with Crippen molar-refractivity contribution in [2.45, 2.75) is 26.2 Å². The van der Waals surface area contributed by atoms with Crippen molar-refractivity contribution in [3.05, 3.63) is 70.9 Å². The van der Waals surface area contributed by atoms with Crippen LogP contribution in [0.4, 0.5) is 5.82 Å². The van der Waals surface area contributed by atoms with E-state index in [1.54, 1.807) is 16.8 Å². The van der Waals surface area contributed by atoms with Gasteiger partial charge in [0.25, 0.3) is 0 Å². The number of ketones is 1. The highest BCUT2D eigenvalue weighted by Crippen LogP contribution is 2.38. The number of carbonyl (C=O) groups is 2. The summed E-state index contributed by atoms with van der Waals surface area (Å²) >= 11 is 0. The van der Waals surface area contributed by atoms with Crippen LogP contribution in [0.3, 0.4) is 0 Å². The van der Waals surface area contributed by atoms with Gasteiger partial charge in [-0.3, -0.25) is 9.59 Å². The molecule has 1 atom stereocenters. The highest BCUT2D eigenvalue weighted by molar-refractivity contribution is 6.08. The Morgan fingerprint density at radius 1 is 1.19 bits per heavy atom. The van der Waals surface area contributed by atoms with Crippen LogP contribution in [0.5, 0.6) is 5.75 Å². The zero-order valence-corrected chi connectivity index (χ0v) is 15.1. The zero-order chi connectivity index (χ0) is 19.1. The molecule has 136 valence electrons. The number of Topliss-reactive ketones (excluding diaryl/α,β-unsaturated/α-hetero) is 1. The fourth-order valence-electron chi connectivity index (χ4n) is 3.54. The second-order valence-electron chi connectivity index (χ2n) is 6.81. The van der Waals surface area contributed by atoms with Crippen molar-refractivity contribution in [3.63, 3.8) is 0 Å². The van der Waals surface area contributed by atoms with E-state index in [1.165, 1.54) is 12.1 Å². The third kappa shape index (κ3) is 2.99. The lowest BCUT2D eigenvalue weighted by Gasteiger charge is -2.23. The second kappa shape index (κ2) is 6.39. The number of nitrogens with zero attached hydrogens (tertiary/aromatic N) is 2. The Morgan fingerprint density at radius 2 is 1.93 bits per heavy atom. The number of carbonyl (C=O) groups excluding carboxylic acids is 2. The maximum Gasteiger partial charge on any atom is 0.226 e. The predicted octanol–water partition coefficient (Wildman–Crippen LogP) is 3.50. The average molecular weight is 361 g/mol. The van der Waals surface area contributed by atoms with E-state index >= 15 is 0 Å². The van der Waals surface area contributed by atoms with Gasteiger partial charge in [0, 0.05) is 17.5 Å². The molecule has 0 aliphatic carbocycles. The molecular weight excluding hydrogens is 342 g/mol. The molecule has 2 heterocycles. The molecule has 0 radical (unpaired) electrons. The molecule has 1 aromatic heterocycles. The maximum absolute atomic E-state index is 13.1. The summed E-state index contributed by atoms with van der Waals surface area (Å²) in [5, 5.41) is 16.9. The summed E-state index contributed by atoms with van der Waals surface area (Å²) in [5.41, 5.74) is 3.82. The third-order valence-corrected chi connectivity index (χ3v) is 4.82. The van der Waals surface area contributed by atoms with E-state index in [4.69, 9.17) is 0 Å². The Hall–Kier alpha value is -3.41. The number of aryl methyl sites for hydroxylation is 2. The minimum Gasteiger partial charge on any atom is -0.508 e. The molecule has 3 aromatic rings. The quantitative estimate of drug-likeness (QED) is 0.699. The molecule has 6 nitrogen and oxygen atoms in total. The predicted molar refractivity (Wildman–Crippen MR) is 101 cm³/mol. The number of aromatic hydroxyl groups is 1. The minimum atomic E-state index is -0.600. The van der Waals surface area contributed by atoms with Gasteiger partial charge in [-0.2, -0.15) is 5.10 Å². The molecule has 1 unspecified atom stereocenters. The number of hydrogen-bond donors (Lipinski definition) is 2. The van der Waals surface area contributed by atoms with Crippen molar-refractivity contribution in [1.29, 1.82) is 0 Å². The lowest BCUT2D eigenvalue weighted by atomic mass is 9.85. The normalized spacial score (nSPS) is 15.9. The first-order valence-corrected chi connectivity index (χ1v) is 8.73. The number of phenolic OH excluding ortho intramolecular Hbond substituents is 1. The number of fused-ring (bicyclic) bond motifs is 1. The standard InChI is InChI=1S/C21H19N3O3/c1-12-4-3-5-15(10-12)24-21-19(13(2)23-24)17(11-18(26)22-21)20(27)14-6-8-16(25)9-7-14/h3-10,17,25H,11H2,1-2H3,(H,22,26). The minimum absolute atomic E-state index is 0.0764. The van der Waals surface area contributed by atoms with E-state index < -0.39 is 5.92 Å². The van der Waals surface area contributed by atoms with Crippen molar-refractivity contribution in [2.24, 2.45) is 0 Å². The second-order valence-corrected chi connectivity index (χ2v) is 6.81. The van der Waals surface area contributed by atoms with Crippen LogP contribution in [0.2, 0.25) is 0 Å². The summed E-state index contributed by atoms with van der Waals surface area (Å²) in [6.45, 7) is 3.84. The molecular formula is C21H19N3O3. The van der Waals surface area contributed by atoms with E-state index in [0.29, 0.717) is 17.1 Å². The summed E-state index contributed by atoms with van der Waals surface area (Å²) < 4.78 is 1.69. The molecule has 1 amide bonds. The molecule has 1 aliphatic heterocycles. The lowest BCUT2D eigenvalue weighted by Crippen LogP contribution is -2.28. The largest absolute Gasteiger partial charge is 0.508 e. The maximum atomic E-state index is 13.1. The van der Waals surface area contributed by atoms with E-state index in [-0.39, 0.29) is 23.9 Å². The molecule has 0 bridgehead atoms. The molecule has 0 saturated carbocycles. The molecule has 1 aliphatic rings. The Labute approximate surface area is 156 Å². The first-order valence-electron chi connectivity index (χ1n) is 8.73. The molecule has 0 fully saturated rings. The Kier molecular flexibility index (Phi) is 4.03. The SMILES string of the molecule is Cc1cccc(-n2nc(C)c3c2NC(=O)CC3C(=O)c2ccc(O)cc2)c1. The van der Waals surface area contributed by atoms with Crippen molar-refractivity contribution in [2.75, 3.05) is 5.32 Å². The van der Waals surface area contributed by atoms with Crippen LogP contribution in [-0.2, 0) is 4.79 Å². The molecule has 0 saturated heterocycles. The molecule has 0 spiro atoms. The van der Waals surface area contributed by atoms with Crippen molar-refractivity contribution in [3.8, 4) is 11.4 Å². The molecule has 6 heteroatoms. The number of amides is 1. The zero-order valence-electron chi connectivity index (χ0n) is 15.1. The number of hydrogen-bond acceptors (Lipinski definition) is 4. The first kappa shape index (κ1) is 17.0. The van der Waals surface area contributed by atoms with Crippen molar-refractivity contribution >= 4 is 17.5 Å². The van der Waals surface area contributed by atoms with E-state index in [0.717, 1.165) is 16.8 Å². The molecule has 2 N–H and O–H groups in total. The highest BCUT2D eigenvalue weighted by Gasteiger charge is 2.36. The van der Waals surface area contributed by atoms with Crippen LogP contribution in [0.15, 0.2) is 48.5 Å². The van der Waals surface area contributed by atoms with Gasteiger partial charge < -0.3 is 10.4 Å². The Morgan fingerprint density at radius 3 is 2.63 bits per heavy atom. The van der Waals surface area contributed by atoms with Crippen LogP contribution in [0, 0.1) is 13.8 Å². The number of phenols is 1. The topological polar surface area (TPSA) is 84.2 Å². The number of anilines is 1. The van der Waals surface area contributed by atoms with E-state index in [1.807, 2.05) is 38.1 Å². The van der Waals surface area contributed by atoms with Crippen molar-refractivity contribution in [1.82, 2.24) is 9.78 Å². The van der Waals surface area contributed by atoms with Gasteiger partial charge in [-0.05, 0) is 55.8 Å². The van der Waals surface area contributed by atoms with E-state index in [2.05, 4.69) is 10.4 Å². The number of rotatable bonds is 3. The van der Waals surface area contributed by atoms with Gasteiger partial charge in [0.05, 0.1) is 17.3 Å². The highest BCUT2D eigenvalue weighted by atomic mass is 16.3. The summed E-state index contributed by atoms with van der Waals surface area (Å²) in [7, 11) is 0. The number of aromatic nitrogens is 2. The number of nitrogens with one attached hydrogen (secondary N) is 1. The third-order valence-electron chi connectivity index (χ3n) is 4.82. The van der Waals surface area contributed by atoms with Gasteiger partial charge in [-0.1, -0.05) is 12.1 Å². The number of benzene rings is 2. The van der Waals surface area contributed by atoms with Crippen LogP contribution >= 0.6 is 0 Å². The van der Waals surface area contributed by atoms with Crippen LogP contribution in [0.1, 0.15) is 39.5 Å². The van der Waals surface area contributed by atoms with Gasteiger partial charge in [0.15, 0.2) is 5.78 Å². The van der Waals surface area contributed by atoms with Crippen molar-refractivity contribution < 1.29 is 14.7 Å². The Balaban J connectivity index is 1.82. The van der Waals surface area contributed by atoms with Crippen LogP contribution < -0.4 is 5.32 Å². The van der Waals surface area contributed by atoms with E-state index in [9.17, 15) is 14.7 Å². The van der Waals surface area contributed by atoms with Gasteiger partial charge in [-0.25, -0.2) is 4.68 Å². The molecule has 27 heavy (non-hydrogen) atoms. The summed E-state index contributed by atoms with van der Waals surface area (Å²) in [4.78, 5) is 25.4. The first-order chi connectivity index (χ1) is 12.9. The molecule has 2 aromatic carbocycles. The smallest absolute Gasteiger partial charge is 0.226 e. The Bertz CT molecular complexity index is 1050. The summed E-state index contributed by atoms with van der Waals surface area (Å²) in [6.07, 6.45) is 0.0764. The monoisotopic (exact) mass is 361 g/mol. The summed E-state index contributed by atoms with van der Waals surface area (Å²) in [6, 6.07) is 13.9. The fraction of sp³-hybridized carbons (Fsp3) is 0.190. The lowest BCUT2D eigenvalue weighted by molar-refractivity contribution is -0.116. The summed E-state index contributed by atoms with van der Waals surface area (Å²) in [5.74, 6) is -0.327.